The molecule has 2 aromatic rings. The average Bonchev–Trinajstić information content (AvgIpc) is 2.26. The largest absolute Gasteiger partial charge is 0.0833 e. The van der Waals surface area contributed by atoms with E-state index < -0.39 is 0 Å². The number of rotatable bonds is 1. The molecule has 0 heterocycles. The fourth-order valence-corrected chi connectivity index (χ4v) is 2.47. The fraction of sp³-hybridized carbons (Fsp3) is 0.0769. The van der Waals surface area contributed by atoms with Crippen LogP contribution >= 0.6 is 27.5 Å². The van der Waals surface area contributed by atoms with Gasteiger partial charge in [0, 0.05) is 10.0 Å². The summed E-state index contributed by atoms with van der Waals surface area (Å²) in [5.74, 6) is 0. The Morgan fingerprint density at radius 1 is 1.00 bits per heavy atom. The van der Waals surface area contributed by atoms with Gasteiger partial charge in [0.2, 0.25) is 0 Å². The van der Waals surface area contributed by atoms with E-state index in [1.165, 1.54) is 0 Å². The van der Waals surface area contributed by atoms with Gasteiger partial charge in [-0.15, -0.1) is 0 Å². The van der Waals surface area contributed by atoms with Gasteiger partial charge >= 0.3 is 0 Å². The van der Waals surface area contributed by atoms with E-state index in [9.17, 15) is 0 Å². The predicted octanol–water partition coefficient (Wildman–Crippen LogP) is 5.08. The van der Waals surface area contributed by atoms with Crippen LogP contribution in [0.5, 0.6) is 0 Å². The molecule has 2 heteroatoms. The van der Waals surface area contributed by atoms with Crippen molar-refractivity contribution >= 4 is 27.5 Å². The molecular formula is C13H10BrCl. The maximum Gasteiger partial charge on any atom is 0.0524 e. The van der Waals surface area contributed by atoms with Crippen LogP contribution in [0.4, 0.5) is 0 Å². The van der Waals surface area contributed by atoms with Crippen LogP contribution in [-0.2, 0) is 0 Å². The Morgan fingerprint density at radius 3 is 2.33 bits per heavy atom. The van der Waals surface area contributed by atoms with Crippen molar-refractivity contribution < 1.29 is 0 Å². The second-order valence-electron chi connectivity index (χ2n) is 3.42. The zero-order valence-corrected chi connectivity index (χ0v) is 10.6. The summed E-state index contributed by atoms with van der Waals surface area (Å²) in [4.78, 5) is 0. The summed E-state index contributed by atoms with van der Waals surface area (Å²) in [5.41, 5.74) is 3.30. The Hall–Kier alpha value is -0.790. The van der Waals surface area contributed by atoms with E-state index in [-0.39, 0.29) is 0 Å². The van der Waals surface area contributed by atoms with Gasteiger partial charge < -0.3 is 0 Å². The minimum Gasteiger partial charge on any atom is -0.0833 e. The number of benzene rings is 2. The fourth-order valence-electron chi connectivity index (χ4n) is 1.53. The summed E-state index contributed by atoms with van der Waals surface area (Å²) in [5, 5.41) is 0.815. The first-order chi connectivity index (χ1) is 7.20. The van der Waals surface area contributed by atoms with E-state index in [0.717, 1.165) is 26.2 Å². The molecule has 0 aliphatic rings. The first-order valence-electron chi connectivity index (χ1n) is 4.70. The van der Waals surface area contributed by atoms with Gasteiger partial charge in [0.25, 0.3) is 0 Å². The molecule has 0 aliphatic heterocycles. The maximum atomic E-state index is 6.30. The molecule has 0 fully saturated rings. The SMILES string of the molecule is Cc1ccc(Br)c(-c2ccccc2)c1Cl. The van der Waals surface area contributed by atoms with E-state index in [1.54, 1.807) is 0 Å². The number of aryl methyl sites for hydroxylation is 1. The third-order valence-corrected chi connectivity index (χ3v) is 3.49. The summed E-state index contributed by atoms with van der Waals surface area (Å²) in [7, 11) is 0. The van der Waals surface area contributed by atoms with Crippen molar-refractivity contribution in [3.63, 3.8) is 0 Å². The highest BCUT2D eigenvalue weighted by atomic mass is 79.9. The lowest BCUT2D eigenvalue weighted by Gasteiger charge is -2.09. The maximum absolute atomic E-state index is 6.30. The molecule has 0 spiro atoms. The molecule has 0 bridgehead atoms. The normalized spacial score (nSPS) is 10.3. The lowest BCUT2D eigenvalue weighted by atomic mass is 10.0. The molecular weight excluding hydrogens is 272 g/mol. The molecule has 0 atom stereocenters. The molecule has 0 N–H and O–H groups in total. The van der Waals surface area contributed by atoms with Crippen LogP contribution in [0.25, 0.3) is 11.1 Å². The molecule has 0 nitrogen and oxygen atoms in total. The van der Waals surface area contributed by atoms with Crippen LogP contribution in [0.15, 0.2) is 46.9 Å². The minimum atomic E-state index is 0.815. The summed E-state index contributed by atoms with van der Waals surface area (Å²) in [6.07, 6.45) is 0. The van der Waals surface area contributed by atoms with Crippen molar-refractivity contribution in [2.24, 2.45) is 0 Å². The molecule has 0 aliphatic carbocycles. The van der Waals surface area contributed by atoms with Gasteiger partial charge in [-0.05, 0) is 24.1 Å². The Labute approximate surface area is 103 Å². The zero-order valence-electron chi connectivity index (χ0n) is 8.30. The Balaban J connectivity index is 2.68. The monoisotopic (exact) mass is 280 g/mol. The summed E-state index contributed by atoms with van der Waals surface area (Å²) in [6.45, 7) is 2.02. The first kappa shape index (κ1) is 10.7. The topological polar surface area (TPSA) is 0 Å². The van der Waals surface area contributed by atoms with Crippen molar-refractivity contribution in [1.82, 2.24) is 0 Å². The van der Waals surface area contributed by atoms with Gasteiger partial charge in [-0.3, -0.25) is 0 Å². The van der Waals surface area contributed by atoms with Gasteiger partial charge in [-0.2, -0.15) is 0 Å². The summed E-state index contributed by atoms with van der Waals surface area (Å²) < 4.78 is 1.03. The average molecular weight is 282 g/mol. The van der Waals surface area contributed by atoms with E-state index in [2.05, 4.69) is 28.1 Å². The number of hydrogen-bond acceptors (Lipinski definition) is 0. The van der Waals surface area contributed by atoms with E-state index in [4.69, 9.17) is 11.6 Å². The van der Waals surface area contributed by atoms with Crippen LogP contribution in [0.3, 0.4) is 0 Å². The van der Waals surface area contributed by atoms with E-state index >= 15 is 0 Å². The third-order valence-electron chi connectivity index (χ3n) is 2.35. The Kier molecular flexibility index (Phi) is 3.13. The molecule has 2 aromatic carbocycles. The lowest BCUT2D eigenvalue weighted by Crippen LogP contribution is -1.84. The van der Waals surface area contributed by atoms with Gasteiger partial charge in [0.1, 0.15) is 0 Å². The number of hydrogen-bond donors (Lipinski definition) is 0. The molecule has 0 unspecified atom stereocenters. The second-order valence-corrected chi connectivity index (χ2v) is 4.65. The lowest BCUT2D eigenvalue weighted by molar-refractivity contribution is 1.45. The molecule has 0 aromatic heterocycles. The van der Waals surface area contributed by atoms with Crippen LogP contribution in [0, 0.1) is 6.92 Å². The van der Waals surface area contributed by atoms with Gasteiger partial charge in [0.15, 0.2) is 0 Å². The third kappa shape index (κ3) is 2.09. The van der Waals surface area contributed by atoms with Gasteiger partial charge in [-0.1, -0.05) is 63.9 Å². The molecule has 76 valence electrons. The molecule has 15 heavy (non-hydrogen) atoms. The van der Waals surface area contributed by atoms with E-state index in [0.29, 0.717) is 0 Å². The highest BCUT2D eigenvalue weighted by Crippen LogP contribution is 2.36. The Bertz CT molecular complexity index is 477. The summed E-state index contributed by atoms with van der Waals surface area (Å²) >= 11 is 9.84. The highest BCUT2D eigenvalue weighted by molar-refractivity contribution is 9.10. The van der Waals surface area contributed by atoms with Crippen LogP contribution < -0.4 is 0 Å². The standard InChI is InChI=1S/C13H10BrCl/c1-9-7-8-11(14)12(13(9)15)10-5-3-2-4-6-10/h2-8H,1H3. The van der Waals surface area contributed by atoms with Gasteiger partial charge in [0.05, 0.1) is 5.02 Å². The van der Waals surface area contributed by atoms with Crippen molar-refractivity contribution in [2.75, 3.05) is 0 Å². The minimum absolute atomic E-state index is 0.815. The molecule has 0 saturated heterocycles. The van der Waals surface area contributed by atoms with Crippen LogP contribution in [0.1, 0.15) is 5.56 Å². The quantitative estimate of drug-likeness (QED) is 0.684. The van der Waals surface area contributed by atoms with Crippen molar-refractivity contribution in [1.29, 1.82) is 0 Å². The van der Waals surface area contributed by atoms with E-state index in [1.807, 2.05) is 37.3 Å². The molecule has 0 radical (unpaired) electrons. The predicted molar refractivity (Wildman–Crippen MR) is 69.3 cm³/mol. The van der Waals surface area contributed by atoms with Gasteiger partial charge in [-0.25, -0.2) is 0 Å². The van der Waals surface area contributed by atoms with Crippen LogP contribution in [-0.4, -0.2) is 0 Å². The summed E-state index contributed by atoms with van der Waals surface area (Å²) in [6, 6.07) is 14.2. The number of halogens is 2. The highest BCUT2D eigenvalue weighted by Gasteiger charge is 2.09. The second kappa shape index (κ2) is 4.38. The zero-order chi connectivity index (χ0) is 10.8. The van der Waals surface area contributed by atoms with Crippen molar-refractivity contribution in [3.05, 3.63) is 57.5 Å². The molecule has 0 amide bonds. The molecule has 2 rings (SSSR count). The van der Waals surface area contributed by atoms with Crippen molar-refractivity contribution in [3.8, 4) is 11.1 Å². The molecule has 0 saturated carbocycles. The Morgan fingerprint density at radius 2 is 1.67 bits per heavy atom. The first-order valence-corrected chi connectivity index (χ1v) is 5.87. The van der Waals surface area contributed by atoms with Crippen LogP contribution in [0.2, 0.25) is 5.02 Å². The smallest absolute Gasteiger partial charge is 0.0524 e. The van der Waals surface area contributed by atoms with Crippen molar-refractivity contribution in [2.45, 2.75) is 6.92 Å².